The second-order valence-corrected chi connectivity index (χ2v) is 5.62. The van der Waals surface area contributed by atoms with Crippen molar-refractivity contribution in [2.45, 2.75) is 47.0 Å². The van der Waals surface area contributed by atoms with E-state index in [1.165, 1.54) is 19.3 Å². The summed E-state index contributed by atoms with van der Waals surface area (Å²) < 4.78 is 0. The van der Waals surface area contributed by atoms with Crippen molar-refractivity contribution in [2.24, 2.45) is 29.1 Å². The van der Waals surface area contributed by atoms with E-state index in [-0.39, 0.29) is 0 Å². The predicted molar refractivity (Wildman–Crippen MR) is 52.9 cm³/mol. The summed E-state index contributed by atoms with van der Waals surface area (Å²) in [6, 6.07) is 0. The minimum absolute atomic E-state index is 0.686. The Kier molecular flexibility index (Phi) is 1.79. The van der Waals surface area contributed by atoms with Crippen LogP contribution < -0.4 is 0 Å². The molecular weight excluding hydrogens is 144 g/mol. The number of fused-ring (bicyclic) bond motifs is 2. The summed E-state index contributed by atoms with van der Waals surface area (Å²) in [6.07, 6.45) is 4.45. The smallest absolute Gasteiger partial charge is 0.0295 e. The lowest BCUT2D eigenvalue weighted by Gasteiger charge is -2.62. The van der Waals surface area contributed by atoms with E-state index in [0.29, 0.717) is 5.41 Å². The quantitative estimate of drug-likeness (QED) is 0.557. The van der Waals surface area contributed by atoms with Gasteiger partial charge in [-0.1, -0.05) is 34.1 Å². The van der Waals surface area contributed by atoms with Crippen molar-refractivity contribution in [1.82, 2.24) is 0 Å². The van der Waals surface area contributed by atoms with Crippen molar-refractivity contribution in [3.8, 4) is 0 Å². The van der Waals surface area contributed by atoms with E-state index in [1.807, 2.05) is 0 Å². The Labute approximate surface area is 76.7 Å². The molecule has 0 aromatic carbocycles. The van der Waals surface area contributed by atoms with Crippen molar-refractivity contribution in [1.29, 1.82) is 0 Å². The Bertz CT molecular complexity index is 180. The molecule has 3 aliphatic rings. The van der Waals surface area contributed by atoms with Crippen molar-refractivity contribution in [2.75, 3.05) is 0 Å². The highest BCUT2D eigenvalue weighted by Gasteiger charge is 2.55. The lowest BCUT2D eigenvalue weighted by Crippen LogP contribution is -2.54. The van der Waals surface area contributed by atoms with Gasteiger partial charge < -0.3 is 0 Å². The predicted octanol–water partition coefficient (Wildman–Crippen LogP) is 3.71. The summed E-state index contributed by atoms with van der Waals surface area (Å²) in [5.74, 6) is 4.14. The lowest BCUT2D eigenvalue weighted by atomic mass is 9.43. The number of rotatable bonds is 1. The molecule has 0 heterocycles. The summed E-state index contributed by atoms with van der Waals surface area (Å²) >= 11 is 0. The summed E-state index contributed by atoms with van der Waals surface area (Å²) in [7, 11) is 0. The Morgan fingerprint density at radius 2 is 1.92 bits per heavy atom. The van der Waals surface area contributed by atoms with Gasteiger partial charge in [-0.3, -0.25) is 0 Å². The van der Waals surface area contributed by atoms with Gasteiger partial charge in [-0.25, -0.2) is 0 Å². The molecule has 0 nitrogen and oxygen atoms in total. The molecule has 12 heavy (non-hydrogen) atoms. The molecule has 4 atom stereocenters. The van der Waals surface area contributed by atoms with Crippen molar-refractivity contribution < 1.29 is 0 Å². The fourth-order valence-corrected chi connectivity index (χ4v) is 3.80. The Morgan fingerprint density at radius 1 is 1.25 bits per heavy atom. The first-order valence-electron chi connectivity index (χ1n) is 5.57. The SMILES string of the molecule is CC[C@H]1CC2CC([C@H]1C)C2(C)C. The van der Waals surface area contributed by atoms with Gasteiger partial charge in [-0.05, 0) is 41.9 Å². The van der Waals surface area contributed by atoms with Crippen LogP contribution in [-0.4, -0.2) is 0 Å². The fraction of sp³-hybridized carbons (Fsp3) is 1.00. The van der Waals surface area contributed by atoms with E-state index in [0.717, 1.165) is 23.7 Å². The molecule has 0 aromatic rings. The molecule has 0 radical (unpaired) electrons. The maximum Gasteiger partial charge on any atom is -0.0295 e. The van der Waals surface area contributed by atoms with Crippen LogP contribution in [0, 0.1) is 29.1 Å². The second-order valence-electron chi connectivity index (χ2n) is 5.62. The van der Waals surface area contributed by atoms with Crippen LogP contribution in [0.5, 0.6) is 0 Å². The average molecular weight is 166 g/mol. The van der Waals surface area contributed by atoms with Crippen molar-refractivity contribution in [3.63, 3.8) is 0 Å². The minimum atomic E-state index is 0.686. The number of hydrogen-bond donors (Lipinski definition) is 0. The first-order valence-corrected chi connectivity index (χ1v) is 5.57. The van der Waals surface area contributed by atoms with Crippen LogP contribution in [0.1, 0.15) is 47.0 Å². The molecule has 3 aliphatic carbocycles. The standard InChI is InChI=1S/C12H22/c1-5-9-6-10-7-11(8(9)2)12(10,3)4/h8-11H,5-7H2,1-4H3/t8-,9-,10?,11?/m0/s1. The Hall–Kier alpha value is 0. The van der Waals surface area contributed by atoms with Gasteiger partial charge in [-0.2, -0.15) is 0 Å². The van der Waals surface area contributed by atoms with E-state index in [9.17, 15) is 0 Å². The van der Waals surface area contributed by atoms with E-state index in [1.54, 1.807) is 0 Å². The summed E-state index contributed by atoms with van der Waals surface area (Å²) in [5, 5.41) is 0. The molecule has 0 amide bonds. The van der Waals surface area contributed by atoms with Crippen LogP contribution in [-0.2, 0) is 0 Å². The highest BCUT2D eigenvalue weighted by molar-refractivity contribution is 5.04. The van der Waals surface area contributed by atoms with Crippen LogP contribution >= 0.6 is 0 Å². The van der Waals surface area contributed by atoms with Crippen LogP contribution in [0.25, 0.3) is 0 Å². The summed E-state index contributed by atoms with van der Waals surface area (Å²) in [6.45, 7) is 9.80. The van der Waals surface area contributed by atoms with Crippen molar-refractivity contribution >= 4 is 0 Å². The van der Waals surface area contributed by atoms with E-state index in [2.05, 4.69) is 27.7 Å². The van der Waals surface area contributed by atoms with E-state index < -0.39 is 0 Å². The highest BCUT2D eigenvalue weighted by Crippen LogP contribution is 2.63. The zero-order valence-corrected chi connectivity index (χ0v) is 8.93. The third-order valence-corrected chi connectivity index (χ3v) is 5.04. The lowest BCUT2D eigenvalue weighted by molar-refractivity contribution is -0.129. The van der Waals surface area contributed by atoms with Gasteiger partial charge >= 0.3 is 0 Å². The molecular formula is C12H22. The van der Waals surface area contributed by atoms with E-state index in [4.69, 9.17) is 0 Å². The normalized spacial score (nSPS) is 50.0. The maximum atomic E-state index is 2.48. The molecule has 0 aliphatic heterocycles. The molecule has 70 valence electrons. The average Bonchev–Trinajstić information content (AvgIpc) is 2.03. The first kappa shape index (κ1) is 8.59. The monoisotopic (exact) mass is 166 g/mol. The van der Waals surface area contributed by atoms with Gasteiger partial charge in [0, 0.05) is 0 Å². The van der Waals surface area contributed by atoms with Gasteiger partial charge in [0.25, 0.3) is 0 Å². The summed E-state index contributed by atoms with van der Waals surface area (Å²) in [5.41, 5.74) is 0.686. The van der Waals surface area contributed by atoms with E-state index >= 15 is 0 Å². The zero-order chi connectivity index (χ0) is 8.93. The molecule has 2 bridgehead atoms. The summed E-state index contributed by atoms with van der Waals surface area (Å²) in [4.78, 5) is 0. The molecule has 0 spiro atoms. The molecule has 3 rings (SSSR count). The van der Waals surface area contributed by atoms with Crippen LogP contribution in [0.15, 0.2) is 0 Å². The van der Waals surface area contributed by atoms with Crippen LogP contribution in [0.3, 0.4) is 0 Å². The number of hydrogen-bond acceptors (Lipinski definition) is 0. The minimum Gasteiger partial charge on any atom is -0.0651 e. The Morgan fingerprint density at radius 3 is 2.33 bits per heavy atom. The molecule has 0 aromatic heterocycles. The highest BCUT2D eigenvalue weighted by atomic mass is 14.6. The van der Waals surface area contributed by atoms with Gasteiger partial charge in [0.15, 0.2) is 0 Å². The fourth-order valence-electron chi connectivity index (χ4n) is 3.80. The van der Waals surface area contributed by atoms with Gasteiger partial charge in [0.2, 0.25) is 0 Å². The molecule has 0 saturated heterocycles. The molecule has 2 unspecified atom stereocenters. The molecule has 3 saturated carbocycles. The third kappa shape index (κ3) is 0.900. The van der Waals surface area contributed by atoms with Gasteiger partial charge in [-0.15, -0.1) is 0 Å². The topological polar surface area (TPSA) is 0 Å². The zero-order valence-electron chi connectivity index (χ0n) is 8.93. The molecule has 3 fully saturated rings. The van der Waals surface area contributed by atoms with Crippen molar-refractivity contribution in [3.05, 3.63) is 0 Å². The third-order valence-electron chi connectivity index (χ3n) is 5.04. The van der Waals surface area contributed by atoms with Crippen LogP contribution in [0.4, 0.5) is 0 Å². The van der Waals surface area contributed by atoms with Gasteiger partial charge in [0.1, 0.15) is 0 Å². The Balaban J connectivity index is 2.11. The first-order chi connectivity index (χ1) is 5.57. The largest absolute Gasteiger partial charge is 0.0651 e. The maximum absolute atomic E-state index is 2.48. The molecule has 0 heteroatoms. The van der Waals surface area contributed by atoms with Gasteiger partial charge in [0.05, 0.1) is 0 Å². The molecule has 0 N–H and O–H groups in total. The second kappa shape index (κ2) is 2.49. The van der Waals surface area contributed by atoms with Crippen LogP contribution in [0.2, 0.25) is 0 Å².